The van der Waals surface area contributed by atoms with E-state index in [2.05, 4.69) is 19.2 Å². The number of carbonyl (C=O) groups excluding carboxylic acids is 1. The van der Waals surface area contributed by atoms with E-state index >= 15 is 0 Å². The molecule has 0 saturated carbocycles. The van der Waals surface area contributed by atoms with E-state index in [1.165, 1.54) is 18.2 Å². The molecule has 1 aromatic carbocycles. The second-order valence-corrected chi connectivity index (χ2v) is 7.36. The lowest BCUT2D eigenvalue weighted by Gasteiger charge is -2.08. The summed E-state index contributed by atoms with van der Waals surface area (Å²) >= 11 is 5.82. The largest absolute Gasteiger partial charge is 0.352 e. The van der Waals surface area contributed by atoms with Crippen LogP contribution in [0.25, 0.3) is 0 Å². The van der Waals surface area contributed by atoms with Gasteiger partial charge in [-0.2, -0.15) is 0 Å². The molecule has 0 fully saturated rings. The molecule has 118 valence electrons. The molecule has 0 heterocycles. The van der Waals surface area contributed by atoms with E-state index in [-0.39, 0.29) is 21.4 Å². The van der Waals surface area contributed by atoms with Crippen molar-refractivity contribution in [2.45, 2.75) is 38.0 Å². The Hall–Kier alpha value is -1.11. The fourth-order valence-electron chi connectivity index (χ4n) is 1.84. The second kappa shape index (κ2) is 7.77. The maximum absolute atomic E-state index is 12.0. The van der Waals surface area contributed by atoms with Gasteiger partial charge in [0.25, 0.3) is 5.91 Å². The van der Waals surface area contributed by atoms with E-state index in [4.69, 9.17) is 16.7 Å². The van der Waals surface area contributed by atoms with Crippen molar-refractivity contribution < 1.29 is 13.2 Å². The normalized spacial score (nSPS) is 11.7. The van der Waals surface area contributed by atoms with Crippen molar-refractivity contribution in [2.24, 2.45) is 11.1 Å². The number of unbranched alkanes of at least 4 members (excludes halogenated alkanes) is 1. The zero-order chi connectivity index (χ0) is 16.0. The van der Waals surface area contributed by atoms with Crippen molar-refractivity contribution in [3.8, 4) is 0 Å². The third-order valence-corrected chi connectivity index (χ3v) is 4.07. The molecule has 0 aliphatic rings. The summed E-state index contributed by atoms with van der Waals surface area (Å²) in [5.74, 6) is 0.290. The highest BCUT2D eigenvalue weighted by molar-refractivity contribution is 7.89. The van der Waals surface area contributed by atoms with Gasteiger partial charge in [0.1, 0.15) is 0 Å². The number of primary sulfonamides is 1. The highest BCUT2D eigenvalue weighted by Crippen LogP contribution is 2.18. The van der Waals surface area contributed by atoms with Gasteiger partial charge in [-0.05, 0) is 30.5 Å². The average molecular weight is 333 g/mol. The van der Waals surface area contributed by atoms with Crippen molar-refractivity contribution in [1.82, 2.24) is 5.32 Å². The zero-order valence-electron chi connectivity index (χ0n) is 12.2. The third kappa shape index (κ3) is 6.46. The molecule has 0 saturated heterocycles. The standard InChI is InChI=1S/C14H21ClN2O3S/c1-10(2)5-3-4-6-17-14(18)11-7-12(15)9-13(8-11)21(16,19)20/h7-10H,3-6H2,1-2H3,(H,17,18)(H2,16,19,20). The summed E-state index contributed by atoms with van der Waals surface area (Å²) in [7, 11) is -3.88. The van der Waals surface area contributed by atoms with Gasteiger partial charge in [0, 0.05) is 17.1 Å². The lowest BCUT2D eigenvalue weighted by molar-refractivity contribution is 0.0952. The third-order valence-electron chi connectivity index (χ3n) is 2.96. The molecule has 1 rings (SSSR count). The van der Waals surface area contributed by atoms with Gasteiger partial charge >= 0.3 is 0 Å². The van der Waals surface area contributed by atoms with Crippen LogP contribution in [0.2, 0.25) is 5.02 Å². The molecule has 5 nitrogen and oxygen atoms in total. The molecule has 0 radical (unpaired) electrons. The minimum atomic E-state index is -3.88. The van der Waals surface area contributed by atoms with Crippen LogP contribution in [0, 0.1) is 5.92 Å². The van der Waals surface area contributed by atoms with Crippen LogP contribution in [0.3, 0.4) is 0 Å². The minimum absolute atomic E-state index is 0.159. The molecule has 1 aromatic rings. The number of amides is 1. The van der Waals surface area contributed by atoms with E-state index in [1.54, 1.807) is 0 Å². The Balaban J connectivity index is 2.64. The molecular formula is C14H21ClN2O3S. The van der Waals surface area contributed by atoms with Gasteiger partial charge in [-0.3, -0.25) is 4.79 Å². The lowest BCUT2D eigenvalue weighted by atomic mass is 10.1. The molecule has 21 heavy (non-hydrogen) atoms. The van der Waals surface area contributed by atoms with Crippen LogP contribution in [0.15, 0.2) is 23.1 Å². The first-order chi connectivity index (χ1) is 9.70. The van der Waals surface area contributed by atoms with E-state index in [0.29, 0.717) is 12.5 Å². The van der Waals surface area contributed by atoms with Crippen molar-refractivity contribution in [2.75, 3.05) is 6.54 Å². The summed E-state index contributed by atoms with van der Waals surface area (Å²) in [5, 5.41) is 7.95. The van der Waals surface area contributed by atoms with Crippen molar-refractivity contribution >= 4 is 27.5 Å². The Morgan fingerprint density at radius 2 is 1.95 bits per heavy atom. The summed E-state index contributed by atoms with van der Waals surface area (Å²) in [6.07, 6.45) is 3.03. The number of rotatable bonds is 7. The van der Waals surface area contributed by atoms with Gasteiger partial charge in [-0.1, -0.05) is 38.3 Å². The van der Waals surface area contributed by atoms with Gasteiger partial charge in [0.05, 0.1) is 4.90 Å². The predicted octanol–water partition coefficient (Wildman–Crippen LogP) is 2.54. The quantitative estimate of drug-likeness (QED) is 0.752. The number of nitrogens with one attached hydrogen (secondary N) is 1. The van der Waals surface area contributed by atoms with Gasteiger partial charge in [0.2, 0.25) is 10.0 Å². The Morgan fingerprint density at radius 3 is 2.52 bits per heavy atom. The molecule has 0 spiro atoms. The van der Waals surface area contributed by atoms with Crippen LogP contribution in [0.4, 0.5) is 0 Å². The smallest absolute Gasteiger partial charge is 0.251 e. The molecule has 1 amide bonds. The molecule has 0 aliphatic carbocycles. The number of nitrogens with two attached hydrogens (primary N) is 1. The zero-order valence-corrected chi connectivity index (χ0v) is 13.8. The molecule has 7 heteroatoms. The topological polar surface area (TPSA) is 89.3 Å². The van der Waals surface area contributed by atoms with Crippen molar-refractivity contribution in [3.63, 3.8) is 0 Å². The molecule has 0 aliphatic heterocycles. The highest BCUT2D eigenvalue weighted by Gasteiger charge is 2.14. The van der Waals surface area contributed by atoms with Crippen molar-refractivity contribution in [3.05, 3.63) is 28.8 Å². The second-order valence-electron chi connectivity index (χ2n) is 5.37. The number of benzene rings is 1. The summed E-state index contributed by atoms with van der Waals surface area (Å²) in [6, 6.07) is 3.86. The van der Waals surface area contributed by atoms with Crippen LogP contribution in [0.1, 0.15) is 43.5 Å². The lowest BCUT2D eigenvalue weighted by Crippen LogP contribution is -2.25. The van der Waals surface area contributed by atoms with E-state index < -0.39 is 10.0 Å². The summed E-state index contributed by atoms with van der Waals surface area (Å²) in [5.41, 5.74) is 0.190. The Morgan fingerprint density at radius 1 is 1.29 bits per heavy atom. The maximum Gasteiger partial charge on any atom is 0.251 e. The summed E-state index contributed by atoms with van der Waals surface area (Å²) in [6.45, 7) is 4.85. The van der Waals surface area contributed by atoms with Gasteiger partial charge < -0.3 is 5.32 Å². The molecule has 0 bridgehead atoms. The van der Waals surface area contributed by atoms with Gasteiger partial charge in [-0.25, -0.2) is 13.6 Å². The fraction of sp³-hybridized carbons (Fsp3) is 0.500. The van der Waals surface area contributed by atoms with Crippen LogP contribution in [-0.4, -0.2) is 20.9 Å². The van der Waals surface area contributed by atoms with Crippen LogP contribution < -0.4 is 10.5 Å². The Bertz CT molecular complexity index is 600. The first kappa shape index (κ1) is 17.9. The molecule has 0 atom stereocenters. The van der Waals surface area contributed by atoms with Gasteiger partial charge in [-0.15, -0.1) is 0 Å². The Kier molecular flexibility index (Phi) is 6.64. The monoisotopic (exact) mass is 332 g/mol. The Labute approximate surface area is 130 Å². The number of carbonyl (C=O) groups is 1. The molecular weight excluding hydrogens is 312 g/mol. The number of hydrogen-bond acceptors (Lipinski definition) is 3. The van der Waals surface area contributed by atoms with Gasteiger partial charge in [0.15, 0.2) is 0 Å². The average Bonchev–Trinajstić information content (AvgIpc) is 2.36. The number of hydrogen-bond donors (Lipinski definition) is 2. The van der Waals surface area contributed by atoms with E-state index in [1.807, 2.05) is 0 Å². The molecule has 0 unspecified atom stereocenters. The number of halogens is 1. The van der Waals surface area contributed by atoms with E-state index in [0.717, 1.165) is 19.3 Å². The first-order valence-corrected chi connectivity index (χ1v) is 8.74. The predicted molar refractivity (Wildman–Crippen MR) is 83.8 cm³/mol. The summed E-state index contributed by atoms with van der Waals surface area (Å²) in [4.78, 5) is 11.8. The summed E-state index contributed by atoms with van der Waals surface area (Å²) < 4.78 is 22.6. The molecule has 3 N–H and O–H groups in total. The van der Waals surface area contributed by atoms with E-state index in [9.17, 15) is 13.2 Å². The van der Waals surface area contributed by atoms with Crippen LogP contribution in [-0.2, 0) is 10.0 Å². The fourth-order valence-corrected chi connectivity index (χ4v) is 2.72. The minimum Gasteiger partial charge on any atom is -0.352 e. The SMILES string of the molecule is CC(C)CCCCNC(=O)c1cc(Cl)cc(S(N)(=O)=O)c1. The maximum atomic E-state index is 12.0. The van der Waals surface area contributed by atoms with Crippen LogP contribution in [0.5, 0.6) is 0 Å². The van der Waals surface area contributed by atoms with Crippen molar-refractivity contribution in [1.29, 1.82) is 0 Å². The number of sulfonamides is 1. The highest BCUT2D eigenvalue weighted by atomic mass is 35.5. The molecule has 0 aromatic heterocycles. The first-order valence-electron chi connectivity index (χ1n) is 6.81. The van der Waals surface area contributed by atoms with Crippen LogP contribution >= 0.6 is 11.6 Å².